The maximum Gasteiger partial charge on any atom is 0.295 e. The summed E-state index contributed by atoms with van der Waals surface area (Å²) in [6.07, 6.45) is 0.995. The Hall–Kier alpha value is -2.70. The number of hydrogen-bond donors (Lipinski definition) is 2. The lowest BCUT2D eigenvalue weighted by Crippen LogP contribution is -1.86. The van der Waals surface area contributed by atoms with Crippen molar-refractivity contribution in [2.45, 2.75) is 13.3 Å². The molecule has 0 aliphatic heterocycles. The van der Waals surface area contributed by atoms with Crippen molar-refractivity contribution in [1.29, 1.82) is 0 Å². The van der Waals surface area contributed by atoms with E-state index in [1.54, 1.807) is 0 Å². The molecule has 0 saturated heterocycles. The quantitative estimate of drug-likeness (QED) is 0.738. The van der Waals surface area contributed by atoms with E-state index in [2.05, 4.69) is 32.2 Å². The summed E-state index contributed by atoms with van der Waals surface area (Å²) < 4.78 is 5.12. The van der Waals surface area contributed by atoms with Crippen LogP contribution in [0.5, 0.6) is 0 Å². The van der Waals surface area contributed by atoms with Crippen LogP contribution in [0, 0.1) is 0 Å². The van der Waals surface area contributed by atoms with Crippen molar-refractivity contribution in [2.24, 2.45) is 0 Å². The van der Waals surface area contributed by atoms with E-state index in [1.807, 2.05) is 24.3 Å². The molecule has 2 heterocycles. The maximum absolute atomic E-state index is 5.42. The lowest BCUT2D eigenvalue weighted by molar-refractivity contribution is 0.429. The second kappa shape index (κ2) is 4.52. The number of aryl methyl sites for hydroxylation is 1. The van der Waals surface area contributed by atoms with Crippen LogP contribution in [0.1, 0.15) is 12.5 Å². The van der Waals surface area contributed by atoms with Crippen LogP contribution < -0.4 is 5.73 Å². The fourth-order valence-electron chi connectivity index (χ4n) is 1.70. The zero-order chi connectivity index (χ0) is 13.2. The van der Waals surface area contributed by atoms with E-state index in [-0.39, 0.29) is 11.8 Å². The van der Waals surface area contributed by atoms with Gasteiger partial charge in [-0.15, -0.1) is 5.10 Å². The molecule has 0 unspecified atom stereocenters. The highest BCUT2D eigenvalue weighted by atomic mass is 16.5. The number of anilines is 1. The summed E-state index contributed by atoms with van der Waals surface area (Å²) in [7, 11) is 0. The average Bonchev–Trinajstić information content (AvgIpc) is 3.07. The molecule has 96 valence electrons. The Kier molecular flexibility index (Phi) is 2.71. The second-order valence-corrected chi connectivity index (χ2v) is 4.02. The summed E-state index contributed by atoms with van der Waals surface area (Å²) in [6, 6.07) is 8.00. The van der Waals surface area contributed by atoms with E-state index in [9.17, 15) is 0 Å². The van der Waals surface area contributed by atoms with Crippen LogP contribution in [0.3, 0.4) is 0 Å². The Balaban J connectivity index is 1.91. The topological polar surface area (TPSA) is 107 Å². The summed E-state index contributed by atoms with van der Waals surface area (Å²) in [5, 5.41) is 10.2. The minimum atomic E-state index is 0.141. The molecule has 0 atom stereocenters. The predicted octanol–water partition coefficient (Wildman–Crippen LogP) is 1.67. The molecule has 0 aliphatic rings. The van der Waals surface area contributed by atoms with Gasteiger partial charge in [0.1, 0.15) is 0 Å². The first-order valence-corrected chi connectivity index (χ1v) is 5.87. The number of nitrogens with one attached hydrogen (secondary N) is 1. The van der Waals surface area contributed by atoms with Gasteiger partial charge in [0.15, 0.2) is 0 Å². The van der Waals surface area contributed by atoms with Gasteiger partial charge in [-0.3, -0.25) is 5.10 Å². The SMILES string of the molecule is CCc1ccc(-c2noc(-c3nc(N)n[nH]3)n2)cc1. The van der Waals surface area contributed by atoms with Gasteiger partial charge in [-0.1, -0.05) is 36.3 Å². The van der Waals surface area contributed by atoms with Crippen LogP contribution in [0.4, 0.5) is 5.95 Å². The van der Waals surface area contributed by atoms with Crippen LogP contribution in [0.15, 0.2) is 28.8 Å². The molecule has 7 nitrogen and oxygen atoms in total. The van der Waals surface area contributed by atoms with E-state index < -0.39 is 0 Å². The van der Waals surface area contributed by atoms with E-state index in [0.29, 0.717) is 11.6 Å². The zero-order valence-corrected chi connectivity index (χ0v) is 10.3. The highest BCUT2D eigenvalue weighted by Gasteiger charge is 2.13. The Morgan fingerprint density at radius 2 is 2.00 bits per heavy atom. The molecule has 7 heteroatoms. The lowest BCUT2D eigenvalue weighted by Gasteiger charge is -1.96. The Bertz CT molecular complexity index is 684. The molecule has 0 aliphatic carbocycles. The highest BCUT2D eigenvalue weighted by Crippen LogP contribution is 2.20. The molecule has 0 spiro atoms. The van der Waals surface area contributed by atoms with E-state index in [1.165, 1.54) is 5.56 Å². The number of nitrogens with zero attached hydrogens (tertiary/aromatic N) is 4. The van der Waals surface area contributed by atoms with E-state index in [0.717, 1.165) is 12.0 Å². The fraction of sp³-hybridized carbons (Fsp3) is 0.167. The summed E-state index contributed by atoms with van der Waals surface area (Å²) in [5.74, 6) is 1.27. The zero-order valence-electron chi connectivity index (χ0n) is 10.3. The van der Waals surface area contributed by atoms with Crippen molar-refractivity contribution in [3.8, 4) is 23.1 Å². The summed E-state index contributed by atoms with van der Waals surface area (Å²) in [5.41, 5.74) is 7.57. The normalized spacial score (nSPS) is 10.8. The lowest BCUT2D eigenvalue weighted by atomic mass is 10.1. The average molecular weight is 256 g/mol. The standard InChI is InChI=1S/C12H12N6O/c1-2-7-3-5-8(6-4-7)9-14-11(19-18-9)10-15-12(13)17-16-10/h3-6H,2H2,1H3,(H3,13,15,16,17). The van der Waals surface area contributed by atoms with E-state index in [4.69, 9.17) is 10.3 Å². The molecule has 3 rings (SSSR count). The molecule has 0 saturated carbocycles. The minimum Gasteiger partial charge on any atom is -0.366 e. The third kappa shape index (κ3) is 2.17. The Morgan fingerprint density at radius 1 is 1.21 bits per heavy atom. The van der Waals surface area contributed by atoms with Crippen molar-refractivity contribution in [2.75, 3.05) is 5.73 Å². The number of nitrogens with two attached hydrogens (primary N) is 1. The van der Waals surface area contributed by atoms with Crippen LogP contribution in [-0.2, 0) is 6.42 Å². The smallest absolute Gasteiger partial charge is 0.295 e. The summed E-state index contributed by atoms with van der Waals surface area (Å²) in [6.45, 7) is 2.11. The molecule has 0 radical (unpaired) electrons. The molecule has 3 aromatic rings. The molecule has 0 amide bonds. The van der Waals surface area contributed by atoms with Crippen LogP contribution >= 0.6 is 0 Å². The van der Waals surface area contributed by atoms with Crippen molar-refractivity contribution in [3.63, 3.8) is 0 Å². The number of rotatable bonds is 3. The van der Waals surface area contributed by atoms with Crippen LogP contribution in [0.25, 0.3) is 23.1 Å². The molecule has 0 fully saturated rings. The largest absolute Gasteiger partial charge is 0.366 e. The molecule has 3 N–H and O–H groups in total. The van der Waals surface area contributed by atoms with Gasteiger partial charge in [0, 0.05) is 5.56 Å². The van der Waals surface area contributed by atoms with Gasteiger partial charge in [0.25, 0.3) is 5.89 Å². The molecular weight excluding hydrogens is 244 g/mol. The Labute approximate surface area is 108 Å². The first-order valence-electron chi connectivity index (χ1n) is 5.87. The van der Waals surface area contributed by atoms with Gasteiger partial charge < -0.3 is 10.3 Å². The number of nitrogen functional groups attached to an aromatic ring is 1. The van der Waals surface area contributed by atoms with Crippen molar-refractivity contribution in [3.05, 3.63) is 29.8 Å². The Morgan fingerprint density at radius 3 is 2.63 bits per heavy atom. The second-order valence-electron chi connectivity index (χ2n) is 4.02. The summed E-state index contributed by atoms with van der Waals surface area (Å²) in [4.78, 5) is 8.18. The first kappa shape index (κ1) is 11.4. The van der Waals surface area contributed by atoms with Crippen molar-refractivity contribution < 1.29 is 4.52 Å². The van der Waals surface area contributed by atoms with Gasteiger partial charge in [-0.05, 0) is 12.0 Å². The molecular formula is C12H12N6O. The van der Waals surface area contributed by atoms with Crippen LogP contribution in [0.2, 0.25) is 0 Å². The van der Waals surface area contributed by atoms with Crippen molar-refractivity contribution in [1.82, 2.24) is 25.3 Å². The molecule has 1 aromatic carbocycles. The van der Waals surface area contributed by atoms with Gasteiger partial charge in [-0.25, -0.2) is 0 Å². The predicted molar refractivity (Wildman–Crippen MR) is 68.9 cm³/mol. The number of aromatic nitrogens is 5. The maximum atomic E-state index is 5.42. The fourth-order valence-corrected chi connectivity index (χ4v) is 1.70. The van der Waals surface area contributed by atoms with Crippen molar-refractivity contribution >= 4 is 5.95 Å². The third-order valence-corrected chi connectivity index (χ3v) is 2.75. The minimum absolute atomic E-state index is 0.141. The van der Waals surface area contributed by atoms with Gasteiger partial charge in [0.2, 0.25) is 17.6 Å². The third-order valence-electron chi connectivity index (χ3n) is 2.75. The number of H-pyrrole nitrogens is 1. The van der Waals surface area contributed by atoms with E-state index >= 15 is 0 Å². The first-order chi connectivity index (χ1) is 9.26. The monoisotopic (exact) mass is 256 g/mol. The van der Waals surface area contributed by atoms with Gasteiger partial charge in [0.05, 0.1) is 0 Å². The summed E-state index contributed by atoms with van der Waals surface area (Å²) >= 11 is 0. The molecule has 2 aromatic heterocycles. The number of aromatic amines is 1. The molecule has 0 bridgehead atoms. The van der Waals surface area contributed by atoms with Crippen LogP contribution in [-0.4, -0.2) is 25.3 Å². The molecule has 19 heavy (non-hydrogen) atoms. The highest BCUT2D eigenvalue weighted by molar-refractivity contribution is 5.57. The van der Waals surface area contributed by atoms with Gasteiger partial charge in [-0.2, -0.15) is 9.97 Å². The number of hydrogen-bond acceptors (Lipinski definition) is 6. The van der Waals surface area contributed by atoms with Gasteiger partial charge >= 0.3 is 0 Å². The number of benzene rings is 1.